The number of sulfonamides is 1. The van der Waals surface area contributed by atoms with Crippen molar-refractivity contribution in [2.45, 2.75) is 31.7 Å². The Balaban J connectivity index is 0.00000324. The van der Waals surface area contributed by atoms with Crippen molar-refractivity contribution < 1.29 is 8.42 Å². The summed E-state index contributed by atoms with van der Waals surface area (Å²) >= 11 is 5.81. The largest absolute Gasteiger partial charge is 0.313 e. The van der Waals surface area contributed by atoms with E-state index in [1.807, 2.05) is 13.8 Å². The van der Waals surface area contributed by atoms with Crippen molar-refractivity contribution >= 4 is 34.0 Å². The van der Waals surface area contributed by atoms with Crippen LogP contribution in [0.2, 0.25) is 5.02 Å². The van der Waals surface area contributed by atoms with Crippen LogP contribution in [0.4, 0.5) is 0 Å². The highest BCUT2D eigenvalue weighted by atomic mass is 35.5. The van der Waals surface area contributed by atoms with Crippen molar-refractivity contribution in [3.8, 4) is 0 Å². The number of aryl methyl sites for hydroxylation is 1. The molecule has 1 atom stereocenters. The molecular weight excluding hydrogens is 307 g/mol. The number of benzene rings is 1. The molecule has 7 heteroatoms. The molecule has 1 aromatic rings. The van der Waals surface area contributed by atoms with Gasteiger partial charge in [0.2, 0.25) is 10.0 Å². The fourth-order valence-electron chi connectivity index (χ4n) is 1.65. The lowest BCUT2D eigenvalue weighted by atomic mass is 10.2. The second-order valence-electron chi connectivity index (χ2n) is 4.22. The molecule has 0 radical (unpaired) electrons. The number of likely N-dealkylation sites (N-methyl/N-ethyl adjacent to an activating group) is 1. The van der Waals surface area contributed by atoms with Crippen molar-refractivity contribution in [1.29, 1.82) is 0 Å². The van der Waals surface area contributed by atoms with Crippen LogP contribution in [0.1, 0.15) is 19.4 Å². The molecule has 110 valence electrons. The first kappa shape index (κ1) is 18.7. The average molecular weight is 327 g/mol. The van der Waals surface area contributed by atoms with Gasteiger partial charge in [-0.15, -0.1) is 12.4 Å². The fourth-order valence-corrected chi connectivity index (χ4v) is 3.23. The van der Waals surface area contributed by atoms with E-state index in [2.05, 4.69) is 10.0 Å². The summed E-state index contributed by atoms with van der Waals surface area (Å²) in [6.07, 6.45) is 0. The Hall–Kier alpha value is -0.330. The molecule has 0 aliphatic carbocycles. The van der Waals surface area contributed by atoms with Gasteiger partial charge in [-0.25, -0.2) is 13.1 Å². The summed E-state index contributed by atoms with van der Waals surface area (Å²) in [5, 5.41) is 3.68. The normalized spacial score (nSPS) is 12.8. The maximum Gasteiger partial charge on any atom is 0.240 e. The van der Waals surface area contributed by atoms with E-state index in [1.165, 1.54) is 6.07 Å². The molecule has 0 fully saturated rings. The van der Waals surface area contributed by atoms with Crippen molar-refractivity contribution in [2.24, 2.45) is 0 Å². The lowest BCUT2D eigenvalue weighted by Crippen LogP contribution is -2.38. The van der Waals surface area contributed by atoms with Crippen LogP contribution in [-0.2, 0) is 10.0 Å². The standard InChI is InChI=1S/C12H19ClN2O2S.ClH/c1-4-14-10(3)8-15-18(16,17)12-6-5-11(13)7-9(12)2;/h5-7,10,14-15H,4,8H2,1-3H3;1H/t10-;/m1./s1. The highest BCUT2D eigenvalue weighted by Gasteiger charge is 2.17. The van der Waals surface area contributed by atoms with E-state index in [1.54, 1.807) is 19.1 Å². The number of halogens is 2. The zero-order valence-electron chi connectivity index (χ0n) is 11.2. The predicted molar refractivity (Wildman–Crippen MR) is 81.8 cm³/mol. The van der Waals surface area contributed by atoms with Gasteiger partial charge < -0.3 is 5.32 Å². The summed E-state index contributed by atoms with van der Waals surface area (Å²) in [4.78, 5) is 0.274. The lowest BCUT2D eigenvalue weighted by molar-refractivity contribution is 0.536. The van der Waals surface area contributed by atoms with Crippen molar-refractivity contribution in [3.63, 3.8) is 0 Å². The Labute approximate surface area is 126 Å². The molecular formula is C12H20Cl2N2O2S. The van der Waals surface area contributed by atoms with Gasteiger partial charge in [0, 0.05) is 17.6 Å². The molecule has 0 amide bonds. The molecule has 0 saturated carbocycles. The third kappa shape index (κ3) is 5.67. The Morgan fingerprint density at radius 2 is 2.00 bits per heavy atom. The van der Waals surface area contributed by atoms with Crippen LogP contribution in [0.3, 0.4) is 0 Å². The first-order chi connectivity index (χ1) is 8.36. The molecule has 0 unspecified atom stereocenters. The molecule has 0 bridgehead atoms. The van der Waals surface area contributed by atoms with E-state index in [-0.39, 0.29) is 23.3 Å². The van der Waals surface area contributed by atoms with E-state index in [4.69, 9.17) is 11.6 Å². The summed E-state index contributed by atoms with van der Waals surface area (Å²) in [5.41, 5.74) is 0.645. The van der Waals surface area contributed by atoms with Crippen LogP contribution in [0.25, 0.3) is 0 Å². The molecule has 0 saturated heterocycles. The van der Waals surface area contributed by atoms with E-state index >= 15 is 0 Å². The van der Waals surface area contributed by atoms with Gasteiger partial charge in [-0.1, -0.05) is 18.5 Å². The molecule has 0 aromatic heterocycles. The summed E-state index contributed by atoms with van der Waals surface area (Å²) in [6.45, 7) is 6.81. The SMILES string of the molecule is CCN[C@H](C)CNS(=O)(=O)c1ccc(Cl)cc1C.Cl. The van der Waals surface area contributed by atoms with Crippen molar-refractivity contribution in [3.05, 3.63) is 28.8 Å². The summed E-state index contributed by atoms with van der Waals surface area (Å²) in [6, 6.07) is 4.84. The summed E-state index contributed by atoms with van der Waals surface area (Å²) < 4.78 is 26.8. The minimum Gasteiger partial charge on any atom is -0.313 e. The van der Waals surface area contributed by atoms with Gasteiger partial charge in [0.15, 0.2) is 0 Å². The van der Waals surface area contributed by atoms with Crippen molar-refractivity contribution in [1.82, 2.24) is 10.0 Å². The topological polar surface area (TPSA) is 58.2 Å². The van der Waals surface area contributed by atoms with Gasteiger partial charge in [0.1, 0.15) is 0 Å². The molecule has 1 aromatic carbocycles. The quantitative estimate of drug-likeness (QED) is 0.843. The molecule has 0 aliphatic heterocycles. The van der Waals surface area contributed by atoms with Crippen LogP contribution in [0.5, 0.6) is 0 Å². The van der Waals surface area contributed by atoms with E-state index < -0.39 is 10.0 Å². The first-order valence-corrected chi connectivity index (χ1v) is 7.72. The number of rotatable bonds is 6. The minimum atomic E-state index is -3.47. The number of nitrogens with one attached hydrogen (secondary N) is 2. The maximum atomic E-state index is 12.1. The molecule has 0 spiro atoms. The van der Waals surface area contributed by atoms with Crippen molar-refractivity contribution in [2.75, 3.05) is 13.1 Å². The van der Waals surface area contributed by atoms with Crippen LogP contribution in [0, 0.1) is 6.92 Å². The maximum absolute atomic E-state index is 12.1. The number of hydrogen-bond acceptors (Lipinski definition) is 3. The average Bonchev–Trinajstić information content (AvgIpc) is 2.26. The van der Waals surface area contributed by atoms with E-state index in [0.29, 0.717) is 17.1 Å². The van der Waals surface area contributed by atoms with Gasteiger partial charge in [-0.2, -0.15) is 0 Å². The zero-order chi connectivity index (χ0) is 13.8. The van der Waals surface area contributed by atoms with E-state index in [9.17, 15) is 8.42 Å². The highest BCUT2D eigenvalue weighted by molar-refractivity contribution is 7.89. The Bertz CT molecular complexity index is 506. The number of hydrogen-bond donors (Lipinski definition) is 2. The van der Waals surface area contributed by atoms with Crippen LogP contribution in [-0.4, -0.2) is 27.5 Å². The van der Waals surface area contributed by atoms with Crippen LogP contribution in [0.15, 0.2) is 23.1 Å². The van der Waals surface area contributed by atoms with Gasteiger partial charge in [-0.05, 0) is 44.2 Å². The molecule has 0 aliphatic rings. The smallest absolute Gasteiger partial charge is 0.240 e. The van der Waals surface area contributed by atoms with Gasteiger partial charge in [0.25, 0.3) is 0 Å². The Morgan fingerprint density at radius 3 is 2.53 bits per heavy atom. The van der Waals surface area contributed by atoms with Crippen LogP contribution < -0.4 is 10.0 Å². The molecule has 4 nitrogen and oxygen atoms in total. The second-order valence-corrected chi connectivity index (χ2v) is 6.39. The first-order valence-electron chi connectivity index (χ1n) is 5.86. The summed E-state index contributed by atoms with van der Waals surface area (Å²) in [5.74, 6) is 0. The second kappa shape index (κ2) is 8.07. The van der Waals surface area contributed by atoms with Gasteiger partial charge in [0.05, 0.1) is 4.90 Å². The molecule has 19 heavy (non-hydrogen) atoms. The van der Waals surface area contributed by atoms with E-state index in [0.717, 1.165) is 6.54 Å². The highest BCUT2D eigenvalue weighted by Crippen LogP contribution is 2.19. The Kier molecular flexibility index (Phi) is 7.93. The zero-order valence-corrected chi connectivity index (χ0v) is 13.6. The third-order valence-corrected chi connectivity index (χ3v) is 4.38. The summed E-state index contributed by atoms with van der Waals surface area (Å²) in [7, 11) is -3.47. The molecule has 0 heterocycles. The third-order valence-electron chi connectivity index (χ3n) is 2.56. The van der Waals surface area contributed by atoms with Crippen LogP contribution >= 0.6 is 24.0 Å². The predicted octanol–water partition coefficient (Wildman–Crippen LogP) is 2.35. The minimum absolute atomic E-state index is 0. The van der Waals surface area contributed by atoms with Gasteiger partial charge >= 0.3 is 0 Å². The monoisotopic (exact) mass is 326 g/mol. The van der Waals surface area contributed by atoms with Gasteiger partial charge in [-0.3, -0.25) is 0 Å². The molecule has 2 N–H and O–H groups in total. The fraction of sp³-hybridized carbons (Fsp3) is 0.500. The molecule has 1 rings (SSSR count). The lowest BCUT2D eigenvalue weighted by Gasteiger charge is -2.14. The Morgan fingerprint density at radius 1 is 1.37 bits per heavy atom.